The summed E-state index contributed by atoms with van der Waals surface area (Å²) >= 11 is 0. The van der Waals surface area contributed by atoms with Gasteiger partial charge in [-0.1, -0.05) is 6.42 Å². The second-order valence-electron chi connectivity index (χ2n) is 8.92. The lowest BCUT2D eigenvalue weighted by Crippen LogP contribution is -2.62. The first-order valence-electron chi connectivity index (χ1n) is 11.1. The first-order chi connectivity index (χ1) is 15.4. The Balaban J connectivity index is 1.63. The van der Waals surface area contributed by atoms with Crippen LogP contribution in [-0.2, 0) is 42.9 Å². The van der Waals surface area contributed by atoms with Crippen LogP contribution in [0.3, 0.4) is 0 Å². The molecule has 2 aliphatic heterocycles. The molecule has 0 aromatic heterocycles. The molecule has 6 atom stereocenters. The molecular formula is C23H26O9. The molecule has 3 aliphatic carbocycles. The number of hydrogen-bond donors (Lipinski definition) is 0. The normalized spacial score (nSPS) is 38.9. The van der Waals surface area contributed by atoms with Crippen LogP contribution in [0.4, 0.5) is 0 Å². The highest BCUT2D eigenvalue weighted by molar-refractivity contribution is 6.21. The fourth-order valence-corrected chi connectivity index (χ4v) is 6.04. The topological polar surface area (TPSA) is 114 Å². The van der Waals surface area contributed by atoms with E-state index in [0.717, 1.165) is 38.5 Å². The van der Waals surface area contributed by atoms with Crippen LogP contribution < -0.4 is 0 Å². The van der Waals surface area contributed by atoms with Crippen LogP contribution in [0.15, 0.2) is 24.0 Å². The Morgan fingerprint density at radius 2 is 1.88 bits per heavy atom. The van der Waals surface area contributed by atoms with Crippen LogP contribution in [0.2, 0.25) is 0 Å². The van der Waals surface area contributed by atoms with Gasteiger partial charge < -0.3 is 23.7 Å². The molecular weight excluding hydrogens is 420 g/mol. The predicted octanol–water partition coefficient (Wildman–Crippen LogP) is 1.60. The van der Waals surface area contributed by atoms with E-state index in [-0.39, 0.29) is 6.61 Å². The van der Waals surface area contributed by atoms with Crippen LogP contribution in [0.25, 0.3) is 0 Å². The molecule has 0 aromatic carbocycles. The maximum absolute atomic E-state index is 13.3. The van der Waals surface area contributed by atoms with E-state index >= 15 is 0 Å². The molecule has 2 saturated heterocycles. The molecule has 0 aromatic rings. The first-order valence-corrected chi connectivity index (χ1v) is 11.1. The molecule has 9 nitrogen and oxygen atoms in total. The second kappa shape index (κ2) is 7.52. The Labute approximate surface area is 185 Å². The summed E-state index contributed by atoms with van der Waals surface area (Å²) < 4.78 is 28.8. The summed E-state index contributed by atoms with van der Waals surface area (Å²) in [5.41, 5.74) is -2.08. The second-order valence-corrected chi connectivity index (χ2v) is 8.92. The minimum absolute atomic E-state index is 0.0443. The third-order valence-corrected chi connectivity index (χ3v) is 7.35. The highest BCUT2D eigenvalue weighted by atomic mass is 16.8. The fourth-order valence-electron chi connectivity index (χ4n) is 6.04. The number of rotatable bonds is 3. The van der Waals surface area contributed by atoms with E-state index in [9.17, 15) is 19.2 Å². The minimum Gasteiger partial charge on any atom is -0.468 e. The smallest absolute Gasteiger partial charge is 0.321 e. The van der Waals surface area contributed by atoms with Crippen LogP contribution in [0.1, 0.15) is 39.0 Å². The van der Waals surface area contributed by atoms with Crippen molar-refractivity contribution in [1.82, 2.24) is 0 Å². The summed E-state index contributed by atoms with van der Waals surface area (Å²) in [6.07, 6.45) is 6.56. The SMILES string of the molecule is CCOC(=O)[C@@H]1C=C2O[C@@H]3OC4(CCCCC4)O[C@@H]3C2[C@H]2C(=O)C=CC(=O)[C@]21C(=O)OC. The van der Waals surface area contributed by atoms with Gasteiger partial charge in [-0.05, 0) is 38.0 Å². The highest BCUT2D eigenvalue weighted by Gasteiger charge is 2.72. The van der Waals surface area contributed by atoms with Crippen molar-refractivity contribution in [2.75, 3.05) is 13.7 Å². The van der Waals surface area contributed by atoms with Crippen LogP contribution in [0, 0.1) is 23.2 Å². The lowest BCUT2D eigenvalue weighted by atomic mass is 9.53. The zero-order valence-corrected chi connectivity index (χ0v) is 18.0. The highest BCUT2D eigenvalue weighted by Crippen LogP contribution is 2.59. The van der Waals surface area contributed by atoms with Gasteiger partial charge in [0.2, 0.25) is 6.29 Å². The summed E-state index contributed by atoms with van der Waals surface area (Å²) in [6.45, 7) is 1.66. The molecule has 0 bridgehead atoms. The van der Waals surface area contributed by atoms with Gasteiger partial charge in [0.15, 0.2) is 22.8 Å². The van der Waals surface area contributed by atoms with E-state index in [1.165, 1.54) is 6.08 Å². The largest absolute Gasteiger partial charge is 0.468 e. The van der Waals surface area contributed by atoms with Crippen molar-refractivity contribution in [2.24, 2.45) is 23.2 Å². The lowest BCUT2D eigenvalue weighted by molar-refractivity contribution is -0.228. The van der Waals surface area contributed by atoms with Crippen molar-refractivity contribution in [2.45, 2.75) is 57.2 Å². The van der Waals surface area contributed by atoms with E-state index in [4.69, 9.17) is 23.7 Å². The average molecular weight is 446 g/mol. The van der Waals surface area contributed by atoms with E-state index in [1.807, 2.05) is 0 Å². The quantitative estimate of drug-likeness (QED) is 0.471. The monoisotopic (exact) mass is 446 g/mol. The van der Waals surface area contributed by atoms with Gasteiger partial charge in [-0.2, -0.15) is 0 Å². The van der Waals surface area contributed by atoms with E-state index in [2.05, 4.69) is 0 Å². The molecule has 1 spiro atoms. The molecule has 0 amide bonds. The van der Waals surface area contributed by atoms with Gasteiger partial charge in [-0.25, -0.2) is 0 Å². The molecule has 5 aliphatic rings. The van der Waals surface area contributed by atoms with E-state index in [1.54, 1.807) is 6.92 Å². The summed E-state index contributed by atoms with van der Waals surface area (Å²) in [6, 6.07) is 0. The lowest BCUT2D eigenvalue weighted by Gasteiger charge is -2.46. The predicted molar refractivity (Wildman–Crippen MR) is 105 cm³/mol. The van der Waals surface area contributed by atoms with Gasteiger partial charge in [-0.3, -0.25) is 19.2 Å². The van der Waals surface area contributed by atoms with Gasteiger partial charge in [0.05, 0.1) is 25.6 Å². The Morgan fingerprint density at radius 3 is 2.56 bits per heavy atom. The Morgan fingerprint density at radius 1 is 1.12 bits per heavy atom. The Bertz CT molecular complexity index is 928. The van der Waals surface area contributed by atoms with Crippen molar-refractivity contribution in [1.29, 1.82) is 0 Å². The number of allylic oxidation sites excluding steroid dienone is 2. The van der Waals surface area contributed by atoms with Crippen LogP contribution >= 0.6 is 0 Å². The van der Waals surface area contributed by atoms with Gasteiger partial charge in [0.25, 0.3) is 0 Å². The zero-order valence-electron chi connectivity index (χ0n) is 18.0. The number of ether oxygens (including phenoxy) is 5. The third kappa shape index (κ3) is 2.76. The minimum atomic E-state index is -2.08. The molecule has 1 unspecified atom stereocenters. The fraction of sp³-hybridized carbons (Fsp3) is 0.652. The van der Waals surface area contributed by atoms with Crippen molar-refractivity contribution >= 4 is 23.5 Å². The molecule has 0 N–H and O–H groups in total. The molecule has 2 heterocycles. The summed E-state index contributed by atoms with van der Waals surface area (Å²) in [7, 11) is 1.13. The van der Waals surface area contributed by atoms with E-state index in [0.29, 0.717) is 18.6 Å². The third-order valence-electron chi connectivity index (χ3n) is 7.35. The van der Waals surface area contributed by atoms with E-state index < -0.39 is 64.9 Å². The van der Waals surface area contributed by atoms with Crippen molar-refractivity contribution in [3.05, 3.63) is 24.0 Å². The molecule has 1 saturated carbocycles. The average Bonchev–Trinajstić information content (AvgIpc) is 3.28. The molecule has 0 radical (unpaired) electrons. The van der Waals surface area contributed by atoms with Crippen LogP contribution in [-0.4, -0.2) is 55.4 Å². The summed E-state index contributed by atoms with van der Waals surface area (Å²) in [5, 5.41) is 0. The van der Waals surface area contributed by atoms with Crippen molar-refractivity contribution in [3.63, 3.8) is 0 Å². The Kier molecular flexibility index (Phi) is 5.01. The standard InChI is InChI=1S/C23H26O9/c1-3-29-19(26)12-11-14-16(17-13(24)7-8-15(25)23(12,17)21(27)28-2)18-20(30-14)32-22(31-18)9-5-4-6-10-22/h7-8,11-12,16-18,20H,3-6,9-10H2,1-2H3/t12-,16?,17+,18+,20+,23-/m0/s1. The number of fused-ring (bicyclic) bond motifs is 5. The maximum Gasteiger partial charge on any atom is 0.321 e. The summed E-state index contributed by atoms with van der Waals surface area (Å²) in [5.74, 6) is -6.70. The number of hydrogen-bond acceptors (Lipinski definition) is 9. The van der Waals surface area contributed by atoms with Gasteiger partial charge >= 0.3 is 11.9 Å². The molecule has 5 rings (SSSR count). The molecule has 32 heavy (non-hydrogen) atoms. The maximum atomic E-state index is 13.3. The Hall–Kier alpha value is -2.52. The summed E-state index contributed by atoms with van der Waals surface area (Å²) in [4.78, 5) is 52.7. The van der Waals surface area contributed by atoms with Crippen molar-refractivity contribution in [3.8, 4) is 0 Å². The number of carbonyl (C=O) groups is 4. The van der Waals surface area contributed by atoms with Gasteiger partial charge in [0, 0.05) is 12.8 Å². The number of esters is 2. The number of carbonyl (C=O) groups excluding carboxylic acids is 4. The molecule has 172 valence electrons. The zero-order chi connectivity index (χ0) is 22.7. The van der Waals surface area contributed by atoms with Crippen LogP contribution in [0.5, 0.6) is 0 Å². The van der Waals surface area contributed by atoms with Gasteiger partial charge in [-0.15, -0.1) is 0 Å². The number of methoxy groups -OCH3 is 1. The van der Waals surface area contributed by atoms with Gasteiger partial charge in [0.1, 0.15) is 17.8 Å². The molecule has 9 heteroatoms. The molecule has 3 fully saturated rings. The number of ketones is 2. The first kappa shape index (κ1) is 21.3. The van der Waals surface area contributed by atoms with Crippen molar-refractivity contribution < 1.29 is 42.9 Å².